The SMILES string of the molecule is Cc1ccc(C)c(OCC(=O)N/N=C\C=N/NC(=O)COc2c(C)ccc(C)c2C)c1C. The first-order valence-electron chi connectivity index (χ1n) is 10.2. The molecule has 0 aliphatic carbocycles. The largest absolute Gasteiger partial charge is 0.483 e. The van der Waals surface area contributed by atoms with Gasteiger partial charge in [0.05, 0.1) is 12.4 Å². The summed E-state index contributed by atoms with van der Waals surface area (Å²) in [5.74, 6) is 0.589. The summed E-state index contributed by atoms with van der Waals surface area (Å²) in [7, 11) is 0. The molecule has 2 N–H and O–H groups in total. The predicted octanol–water partition coefficient (Wildman–Crippen LogP) is 3.20. The zero-order valence-electron chi connectivity index (χ0n) is 19.4. The summed E-state index contributed by atoms with van der Waals surface area (Å²) < 4.78 is 11.2. The number of nitrogens with one attached hydrogen (secondary N) is 2. The Morgan fingerprint density at radius 2 is 1.03 bits per heavy atom. The van der Waals surface area contributed by atoms with Gasteiger partial charge >= 0.3 is 0 Å². The summed E-state index contributed by atoms with van der Waals surface area (Å²) in [4.78, 5) is 23.8. The molecule has 8 nitrogen and oxygen atoms in total. The van der Waals surface area contributed by atoms with E-state index in [1.165, 1.54) is 12.4 Å². The van der Waals surface area contributed by atoms with Crippen molar-refractivity contribution in [1.29, 1.82) is 0 Å². The average molecular weight is 439 g/mol. The summed E-state index contributed by atoms with van der Waals surface area (Å²) in [5.41, 5.74) is 10.8. The van der Waals surface area contributed by atoms with Gasteiger partial charge in [0.2, 0.25) is 0 Å². The molecule has 2 rings (SSSR count). The highest BCUT2D eigenvalue weighted by atomic mass is 16.5. The fourth-order valence-corrected chi connectivity index (χ4v) is 2.92. The van der Waals surface area contributed by atoms with Crippen molar-refractivity contribution in [2.24, 2.45) is 10.2 Å². The number of hydrogen-bond donors (Lipinski definition) is 2. The summed E-state index contributed by atoms with van der Waals surface area (Å²) in [6.45, 7) is 11.4. The van der Waals surface area contributed by atoms with Crippen molar-refractivity contribution in [2.45, 2.75) is 41.5 Å². The number of benzene rings is 2. The molecule has 32 heavy (non-hydrogen) atoms. The van der Waals surface area contributed by atoms with Crippen LogP contribution in [0.2, 0.25) is 0 Å². The minimum atomic E-state index is -0.406. The summed E-state index contributed by atoms with van der Waals surface area (Å²) in [6.07, 6.45) is 2.49. The van der Waals surface area contributed by atoms with Crippen LogP contribution in [-0.4, -0.2) is 37.5 Å². The van der Waals surface area contributed by atoms with Gasteiger partial charge in [0.1, 0.15) is 11.5 Å². The van der Waals surface area contributed by atoms with Crippen molar-refractivity contribution in [2.75, 3.05) is 13.2 Å². The smallest absolute Gasteiger partial charge is 0.277 e. The Balaban J connectivity index is 1.71. The lowest BCUT2D eigenvalue weighted by molar-refractivity contribution is -0.123. The van der Waals surface area contributed by atoms with Crippen LogP contribution in [0.25, 0.3) is 0 Å². The number of nitrogens with zero attached hydrogens (tertiary/aromatic N) is 2. The lowest BCUT2D eigenvalue weighted by atomic mass is 10.1. The van der Waals surface area contributed by atoms with Crippen LogP contribution in [0, 0.1) is 41.5 Å². The van der Waals surface area contributed by atoms with Gasteiger partial charge in [0.25, 0.3) is 11.8 Å². The fourth-order valence-electron chi connectivity index (χ4n) is 2.92. The van der Waals surface area contributed by atoms with Crippen molar-refractivity contribution in [1.82, 2.24) is 10.9 Å². The molecular weight excluding hydrogens is 408 g/mol. The Kier molecular flexibility index (Phi) is 8.95. The first-order valence-corrected chi connectivity index (χ1v) is 10.2. The molecule has 0 bridgehead atoms. The molecule has 0 aromatic heterocycles. The van der Waals surface area contributed by atoms with E-state index in [-0.39, 0.29) is 13.2 Å². The van der Waals surface area contributed by atoms with Crippen molar-refractivity contribution in [3.63, 3.8) is 0 Å². The van der Waals surface area contributed by atoms with Crippen LogP contribution >= 0.6 is 0 Å². The normalized spacial score (nSPS) is 11.1. The highest BCUT2D eigenvalue weighted by molar-refractivity contribution is 6.16. The number of rotatable bonds is 9. The summed E-state index contributed by atoms with van der Waals surface area (Å²) >= 11 is 0. The number of amides is 2. The van der Waals surface area contributed by atoms with E-state index in [9.17, 15) is 9.59 Å². The van der Waals surface area contributed by atoms with E-state index < -0.39 is 11.8 Å². The van der Waals surface area contributed by atoms with E-state index in [1.807, 2.05) is 65.8 Å². The Bertz CT molecular complexity index is 961. The van der Waals surface area contributed by atoms with Crippen LogP contribution in [0.15, 0.2) is 34.5 Å². The predicted molar refractivity (Wildman–Crippen MR) is 126 cm³/mol. The number of aryl methyl sites for hydroxylation is 4. The Morgan fingerprint density at radius 3 is 1.41 bits per heavy atom. The van der Waals surface area contributed by atoms with E-state index >= 15 is 0 Å². The number of hydrogen-bond acceptors (Lipinski definition) is 6. The molecule has 2 aromatic rings. The van der Waals surface area contributed by atoms with Gasteiger partial charge in [-0.05, 0) is 74.9 Å². The van der Waals surface area contributed by atoms with Gasteiger partial charge in [-0.1, -0.05) is 24.3 Å². The van der Waals surface area contributed by atoms with E-state index in [2.05, 4.69) is 21.1 Å². The molecule has 0 saturated carbocycles. The van der Waals surface area contributed by atoms with Gasteiger partial charge in [0, 0.05) is 0 Å². The van der Waals surface area contributed by atoms with E-state index in [0.717, 1.165) is 33.4 Å². The third-order valence-electron chi connectivity index (χ3n) is 5.04. The molecule has 2 amide bonds. The lowest BCUT2D eigenvalue weighted by Crippen LogP contribution is -2.26. The Labute approximate surface area is 188 Å². The molecule has 0 aliphatic heterocycles. The summed E-state index contributed by atoms with van der Waals surface area (Å²) in [5, 5.41) is 7.47. The molecule has 0 aliphatic rings. The van der Waals surface area contributed by atoms with Crippen LogP contribution in [-0.2, 0) is 9.59 Å². The monoisotopic (exact) mass is 438 g/mol. The maximum absolute atomic E-state index is 11.9. The second-order valence-corrected chi connectivity index (χ2v) is 7.51. The minimum absolute atomic E-state index is 0.161. The number of carbonyl (C=O) groups excluding carboxylic acids is 2. The van der Waals surface area contributed by atoms with Crippen molar-refractivity contribution in [3.05, 3.63) is 57.6 Å². The molecule has 0 spiro atoms. The van der Waals surface area contributed by atoms with Gasteiger partial charge in [-0.2, -0.15) is 10.2 Å². The zero-order valence-corrected chi connectivity index (χ0v) is 19.4. The van der Waals surface area contributed by atoms with E-state index in [4.69, 9.17) is 9.47 Å². The van der Waals surface area contributed by atoms with E-state index in [1.54, 1.807) is 0 Å². The molecule has 0 fully saturated rings. The van der Waals surface area contributed by atoms with Crippen LogP contribution in [0.1, 0.15) is 33.4 Å². The minimum Gasteiger partial charge on any atom is -0.483 e. The van der Waals surface area contributed by atoms with Crippen LogP contribution in [0.5, 0.6) is 11.5 Å². The Morgan fingerprint density at radius 1 is 0.688 bits per heavy atom. The first kappa shape index (κ1) is 24.6. The second kappa shape index (κ2) is 11.6. The highest BCUT2D eigenvalue weighted by Crippen LogP contribution is 2.26. The third kappa shape index (κ3) is 6.94. The molecule has 0 radical (unpaired) electrons. The van der Waals surface area contributed by atoms with Gasteiger partial charge < -0.3 is 9.47 Å². The van der Waals surface area contributed by atoms with Crippen LogP contribution in [0.4, 0.5) is 0 Å². The van der Waals surface area contributed by atoms with Crippen LogP contribution < -0.4 is 20.3 Å². The Hall–Kier alpha value is -3.68. The topological polar surface area (TPSA) is 101 Å². The lowest BCUT2D eigenvalue weighted by Gasteiger charge is -2.13. The molecular formula is C24H30N4O4. The molecule has 2 aromatic carbocycles. The highest BCUT2D eigenvalue weighted by Gasteiger charge is 2.10. The van der Waals surface area contributed by atoms with Crippen molar-refractivity contribution < 1.29 is 19.1 Å². The van der Waals surface area contributed by atoms with Crippen molar-refractivity contribution >= 4 is 24.2 Å². The molecule has 0 atom stereocenters. The summed E-state index contributed by atoms with van der Waals surface area (Å²) in [6, 6.07) is 7.92. The number of ether oxygens (including phenoxy) is 2. The first-order chi connectivity index (χ1) is 15.2. The van der Waals surface area contributed by atoms with Gasteiger partial charge in [0.15, 0.2) is 13.2 Å². The molecule has 170 valence electrons. The standard InChI is InChI=1S/C24H30N4O4/c1-15-7-9-17(3)23(19(15)5)31-13-21(29)27-25-11-12-26-28-22(30)14-32-24-18(4)10-8-16(2)20(24)6/h7-12H,13-14H2,1-6H3,(H,27,29)(H,28,30)/b25-11-,26-12-. The molecule has 8 heteroatoms. The van der Waals surface area contributed by atoms with Gasteiger partial charge in [-0.3, -0.25) is 9.59 Å². The van der Waals surface area contributed by atoms with Gasteiger partial charge in [-0.25, -0.2) is 10.9 Å². The van der Waals surface area contributed by atoms with Crippen LogP contribution in [0.3, 0.4) is 0 Å². The molecule has 0 saturated heterocycles. The van der Waals surface area contributed by atoms with E-state index in [0.29, 0.717) is 11.5 Å². The average Bonchev–Trinajstić information content (AvgIpc) is 2.76. The quantitative estimate of drug-likeness (QED) is 0.464. The number of hydrazone groups is 2. The fraction of sp³-hybridized carbons (Fsp3) is 0.333. The zero-order chi connectivity index (χ0) is 23.7. The maximum atomic E-state index is 11.9. The van der Waals surface area contributed by atoms with Crippen molar-refractivity contribution in [3.8, 4) is 11.5 Å². The van der Waals surface area contributed by atoms with Gasteiger partial charge in [-0.15, -0.1) is 0 Å². The third-order valence-corrected chi connectivity index (χ3v) is 5.04. The molecule has 0 unspecified atom stereocenters. The second-order valence-electron chi connectivity index (χ2n) is 7.51. The number of carbonyl (C=O) groups is 2. The maximum Gasteiger partial charge on any atom is 0.277 e. The molecule has 0 heterocycles.